The van der Waals surface area contributed by atoms with E-state index in [-0.39, 0.29) is 12.4 Å². The third-order valence-electron chi connectivity index (χ3n) is 4.40. The summed E-state index contributed by atoms with van der Waals surface area (Å²) in [5, 5.41) is 1.20. The summed E-state index contributed by atoms with van der Waals surface area (Å²) in [5.74, 6) is 2.99. The van der Waals surface area contributed by atoms with E-state index in [1.54, 1.807) is 6.26 Å². The number of furan rings is 1. The number of hydrogen-bond acceptors (Lipinski definition) is 3. The van der Waals surface area contributed by atoms with E-state index in [0.29, 0.717) is 11.8 Å². The zero-order chi connectivity index (χ0) is 12.8. The third kappa shape index (κ3) is 2.40. The molecule has 2 aliphatic rings. The Hall–Kier alpha value is -1.19. The van der Waals surface area contributed by atoms with Gasteiger partial charge in [-0.3, -0.25) is 0 Å². The summed E-state index contributed by atoms with van der Waals surface area (Å²) in [4.78, 5) is 0. The fraction of sp³-hybridized carbons (Fsp3) is 0.500. The van der Waals surface area contributed by atoms with Crippen LogP contribution in [0.3, 0.4) is 0 Å². The summed E-state index contributed by atoms with van der Waals surface area (Å²) in [5.41, 5.74) is 8.08. The number of ether oxygens (including phenoxy) is 1. The van der Waals surface area contributed by atoms with Crippen molar-refractivity contribution in [3.63, 3.8) is 0 Å². The molecular formula is C16H20ClNO2. The van der Waals surface area contributed by atoms with Gasteiger partial charge in [-0.05, 0) is 61.8 Å². The quantitative estimate of drug-likeness (QED) is 0.914. The van der Waals surface area contributed by atoms with Crippen molar-refractivity contribution in [2.45, 2.75) is 25.2 Å². The van der Waals surface area contributed by atoms with Crippen molar-refractivity contribution in [1.82, 2.24) is 0 Å². The molecule has 0 spiro atoms. The van der Waals surface area contributed by atoms with E-state index in [0.717, 1.165) is 30.4 Å². The minimum Gasteiger partial charge on any atom is -0.493 e. The zero-order valence-corrected chi connectivity index (χ0v) is 12.2. The lowest BCUT2D eigenvalue weighted by molar-refractivity contribution is 0.297. The Morgan fingerprint density at radius 2 is 2.10 bits per heavy atom. The van der Waals surface area contributed by atoms with Gasteiger partial charge in [-0.25, -0.2) is 0 Å². The molecule has 4 heteroatoms. The predicted molar refractivity (Wildman–Crippen MR) is 81.6 cm³/mol. The minimum atomic E-state index is 0. The Balaban J connectivity index is 0.00000121. The van der Waals surface area contributed by atoms with E-state index < -0.39 is 0 Å². The van der Waals surface area contributed by atoms with Gasteiger partial charge < -0.3 is 14.9 Å². The van der Waals surface area contributed by atoms with Crippen molar-refractivity contribution < 1.29 is 9.15 Å². The van der Waals surface area contributed by atoms with Crippen LogP contribution in [0.2, 0.25) is 0 Å². The lowest BCUT2D eigenvalue weighted by Crippen LogP contribution is -2.05. The second kappa shape index (κ2) is 5.30. The molecule has 1 aromatic heterocycles. The smallest absolute Gasteiger partial charge is 0.134 e. The zero-order valence-electron chi connectivity index (χ0n) is 11.4. The van der Waals surface area contributed by atoms with E-state index in [4.69, 9.17) is 14.9 Å². The van der Waals surface area contributed by atoms with Crippen molar-refractivity contribution >= 4 is 23.4 Å². The molecule has 2 atom stereocenters. The van der Waals surface area contributed by atoms with Crippen LogP contribution in [0.25, 0.3) is 11.0 Å². The third-order valence-corrected chi connectivity index (χ3v) is 4.40. The molecule has 4 rings (SSSR count). The maximum absolute atomic E-state index is 6.05. The van der Waals surface area contributed by atoms with E-state index >= 15 is 0 Å². The van der Waals surface area contributed by atoms with Gasteiger partial charge in [0.2, 0.25) is 0 Å². The van der Waals surface area contributed by atoms with Crippen molar-refractivity contribution in [1.29, 1.82) is 0 Å². The lowest BCUT2D eigenvalue weighted by Gasteiger charge is -2.12. The standard InChI is InChI=1S/C16H19NO2.ClH/c17-8-11-7-13(11)16-12-5-6-18-14(12)3-4-15(16)19-9-10-1-2-10;/h3-6,10-11,13H,1-2,7-9,17H2;1H/t11-,13+;/m1./s1. The van der Waals surface area contributed by atoms with Gasteiger partial charge in [-0.1, -0.05) is 0 Å². The molecule has 0 saturated heterocycles. The highest BCUT2D eigenvalue weighted by Gasteiger charge is 2.40. The normalized spacial score (nSPS) is 24.4. The van der Waals surface area contributed by atoms with Gasteiger partial charge in [0, 0.05) is 10.9 Å². The summed E-state index contributed by atoms with van der Waals surface area (Å²) in [7, 11) is 0. The van der Waals surface area contributed by atoms with Crippen molar-refractivity contribution in [3.8, 4) is 5.75 Å². The van der Waals surface area contributed by atoms with Crippen molar-refractivity contribution in [2.75, 3.05) is 13.2 Å². The molecule has 20 heavy (non-hydrogen) atoms. The molecule has 0 unspecified atom stereocenters. The molecule has 0 radical (unpaired) electrons. The van der Waals surface area contributed by atoms with Gasteiger partial charge in [-0.2, -0.15) is 0 Å². The number of fused-ring (bicyclic) bond motifs is 1. The fourth-order valence-corrected chi connectivity index (χ4v) is 2.91. The molecular weight excluding hydrogens is 274 g/mol. The highest BCUT2D eigenvalue weighted by Crippen LogP contribution is 2.52. The Morgan fingerprint density at radius 1 is 1.25 bits per heavy atom. The molecule has 1 aromatic carbocycles. The predicted octanol–water partition coefficient (Wildman–Crippen LogP) is 3.71. The number of halogens is 1. The minimum absolute atomic E-state index is 0. The average Bonchev–Trinajstić information content (AvgIpc) is 3.33. The summed E-state index contributed by atoms with van der Waals surface area (Å²) in [6.45, 7) is 1.62. The Morgan fingerprint density at radius 3 is 2.80 bits per heavy atom. The van der Waals surface area contributed by atoms with Crippen LogP contribution in [0.1, 0.15) is 30.7 Å². The number of hydrogen-bond donors (Lipinski definition) is 1. The SMILES string of the molecule is Cl.NC[C@H]1C[C@@H]1c1c(OCC2CC2)ccc2occc12. The van der Waals surface area contributed by atoms with Gasteiger partial charge in [0.15, 0.2) is 0 Å². The van der Waals surface area contributed by atoms with Crippen molar-refractivity contribution in [2.24, 2.45) is 17.6 Å². The highest BCUT2D eigenvalue weighted by molar-refractivity contribution is 5.85. The average molecular weight is 294 g/mol. The molecule has 0 aliphatic heterocycles. The second-order valence-corrected chi connectivity index (χ2v) is 5.90. The van der Waals surface area contributed by atoms with Crippen LogP contribution in [0.15, 0.2) is 28.9 Å². The summed E-state index contributed by atoms with van der Waals surface area (Å²) < 4.78 is 11.6. The number of nitrogens with two attached hydrogens (primary N) is 1. The molecule has 2 N–H and O–H groups in total. The lowest BCUT2D eigenvalue weighted by atomic mass is 10.0. The van der Waals surface area contributed by atoms with Gasteiger partial charge >= 0.3 is 0 Å². The van der Waals surface area contributed by atoms with Crippen LogP contribution in [0.4, 0.5) is 0 Å². The fourth-order valence-electron chi connectivity index (χ4n) is 2.91. The van der Waals surface area contributed by atoms with E-state index in [9.17, 15) is 0 Å². The second-order valence-electron chi connectivity index (χ2n) is 5.90. The first-order valence-electron chi connectivity index (χ1n) is 7.20. The Kier molecular flexibility index (Phi) is 3.65. The number of benzene rings is 1. The largest absolute Gasteiger partial charge is 0.493 e. The van der Waals surface area contributed by atoms with Crippen molar-refractivity contribution in [3.05, 3.63) is 30.0 Å². The number of rotatable bonds is 5. The molecule has 0 amide bonds. The van der Waals surface area contributed by atoms with E-state index in [2.05, 4.69) is 12.1 Å². The van der Waals surface area contributed by atoms with Crippen LogP contribution in [0.5, 0.6) is 5.75 Å². The van der Waals surface area contributed by atoms with Gasteiger partial charge in [0.05, 0.1) is 12.9 Å². The summed E-state index contributed by atoms with van der Waals surface area (Å²) in [6.07, 6.45) is 5.58. The first-order chi connectivity index (χ1) is 9.36. The monoisotopic (exact) mass is 293 g/mol. The molecule has 2 aliphatic carbocycles. The Bertz CT molecular complexity index is 606. The molecule has 2 fully saturated rings. The van der Waals surface area contributed by atoms with Gasteiger partial charge in [0.1, 0.15) is 11.3 Å². The maximum Gasteiger partial charge on any atom is 0.134 e. The van der Waals surface area contributed by atoms with Crippen LogP contribution >= 0.6 is 12.4 Å². The highest BCUT2D eigenvalue weighted by atomic mass is 35.5. The summed E-state index contributed by atoms with van der Waals surface area (Å²) in [6, 6.07) is 6.14. The van der Waals surface area contributed by atoms with Gasteiger partial charge in [0.25, 0.3) is 0 Å². The first kappa shape index (κ1) is 13.8. The van der Waals surface area contributed by atoms with Crippen LogP contribution < -0.4 is 10.5 Å². The van der Waals surface area contributed by atoms with Crippen LogP contribution in [-0.4, -0.2) is 13.2 Å². The molecule has 0 bridgehead atoms. The Labute approximate surface area is 124 Å². The van der Waals surface area contributed by atoms with Gasteiger partial charge in [-0.15, -0.1) is 12.4 Å². The molecule has 108 valence electrons. The first-order valence-corrected chi connectivity index (χ1v) is 7.20. The van der Waals surface area contributed by atoms with Crippen LogP contribution in [-0.2, 0) is 0 Å². The van der Waals surface area contributed by atoms with Crippen LogP contribution in [0, 0.1) is 11.8 Å². The molecule has 3 nitrogen and oxygen atoms in total. The topological polar surface area (TPSA) is 48.4 Å². The molecule has 2 aromatic rings. The van der Waals surface area contributed by atoms with E-state index in [1.165, 1.54) is 30.2 Å². The molecule has 1 heterocycles. The maximum atomic E-state index is 6.05. The molecule has 2 saturated carbocycles. The van der Waals surface area contributed by atoms with E-state index in [1.807, 2.05) is 6.07 Å². The summed E-state index contributed by atoms with van der Waals surface area (Å²) >= 11 is 0.